The van der Waals surface area contributed by atoms with Crippen molar-refractivity contribution in [1.82, 2.24) is 9.97 Å². The van der Waals surface area contributed by atoms with Gasteiger partial charge < -0.3 is 10.5 Å². The minimum Gasteiger partial charge on any atom is -0.481 e. The minimum absolute atomic E-state index is 0.0665. The van der Waals surface area contributed by atoms with Crippen LogP contribution in [0.25, 0.3) is 16.0 Å². The molecule has 32 heavy (non-hydrogen) atoms. The Bertz CT molecular complexity index is 1290. The summed E-state index contributed by atoms with van der Waals surface area (Å²) in [6, 6.07) is 8.75. The van der Waals surface area contributed by atoms with E-state index in [4.69, 9.17) is 22.0 Å². The Morgan fingerprint density at radius 2 is 2.12 bits per heavy atom. The summed E-state index contributed by atoms with van der Waals surface area (Å²) in [5.74, 6) is 1.02. The molecule has 2 atom stereocenters. The number of aromatic nitrogens is 2. The van der Waals surface area contributed by atoms with Crippen LogP contribution in [0.15, 0.2) is 53.9 Å². The maximum Gasteiger partial charge on any atom is 0.216 e. The van der Waals surface area contributed by atoms with Crippen LogP contribution in [0.3, 0.4) is 0 Å². The number of nitrogens with two attached hydrogens (primary N) is 1. The zero-order valence-electron chi connectivity index (χ0n) is 17.4. The molecule has 6 nitrogen and oxygen atoms in total. The maximum absolute atomic E-state index is 15.4. The molecule has 160 valence electrons. The second-order valence-electron chi connectivity index (χ2n) is 7.96. The van der Waals surface area contributed by atoms with Gasteiger partial charge in [-0.1, -0.05) is 17.8 Å². The zero-order chi connectivity index (χ0) is 22.3. The van der Waals surface area contributed by atoms with Crippen LogP contribution in [0, 0.1) is 18.3 Å². The van der Waals surface area contributed by atoms with Crippen LogP contribution in [0.5, 0.6) is 5.88 Å². The molecule has 0 radical (unpaired) electrons. The number of ether oxygens (including phenoxy) is 1. The molecule has 1 aromatic carbocycles. The van der Waals surface area contributed by atoms with Gasteiger partial charge in [0.25, 0.3) is 0 Å². The van der Waals surface area contributed by atoms with Crippen LogP contribution in [0.1, 0.15) is 16.7 Å². The number of hydrogen-bond acceptors (Lipinski definition) is 6. The zero-order valence-corrected chi connectivity index (χ0v) is 18.2. The summed E-state index contributed by atoms with van der Waals surface area (Å²) in [7, 11) is 1.59. The highest BCUT2D eigenvalue weighted by molar-refractivity contribution is 8.13. The number of methoxy groups -OCH3 is 1. The fraction of sp³-hybridized carbons (Fsp3) is 0.250. The molecule has 0 spiro atoms. The van der Waals surface area contributed by atoms with Crippen LogP contribution < -0.4 is 10.5 Å². The first kappa shape index (κ1) is 20.5. The van der Waals surface area contributed by atoms with Gasteiger partial charge in [-0.2, -0.15) is 0 Å². The van der Waals surface area contributed by atoms with Gasteiger partial charge in [0.2, 0.25) is 11.6 Å². The number of aliphatic imine (C=N–C) groups is 1. The SMILES string of the molecule is [C-]#[N+]c1cncc(-c2ccc(F)c([C@]34Cc5c(ccnc5OC)C[C@H]3CSC(N)=N4)c2)c1. The average molecular weight is 446 g/mol. The summed E-state index contributed by atoms with van der Waals surface area (Å²) < 4.78 is 21.0. The Morgan fingerprint density at radius 3 is 2.94 bits per heavy atom. The first-order valence-corrected chi connectivity index (χ1v) is 11.1. The van der Waals surface area contributed by atoms with Crippen LogP contribution >= 0.6 is 11.8 Å². The van der Waals surface area contributed by atoms with Crippen molar-refractivity contribution in [2.45, 2.75) is 18.4 Å². The summed E-state index contributed by atoms with van der Waals surface area (Å²) in [4.78, 5) is 16.9. The van der Waals surface area contributed by atoms with Gasteiger partial charge in [-0.05, 0) is 47.4 Å². The normalized spacial score (nSPS) is 21.7. The van der Waals surface area contributed by atoms with Gasteiger partial charge in [0.15, 0.2) is 5.17 Å². The van der Waals surface area contributed by atoms with Crippen molar-refractivity contribution in [2.75, 3.05) is 12.9 Å². The van der Waals surface area contributed by atoms with Crippen molar-refractivity contribution < 1.29 is 9.13 Å². The number of fused-ring (bicyclic) bond motifs is 2. The van der Waals surface area contributed by atoms with E-state index in [1.807, 2.05) is 12.1 Å². The highest BCUT2D eigenvalue weighted by Crippen LogP contribution is 2.50. The van der Waals surface area contributed by atoms with E-state index >= 15 is 4.39 Å². The molecule has 0 bridgehead atoms. The lowest BCUT2D eigenvalue weighted by Crippen LogP contribution is -2.46. The van der Waals surface area contributed by atoms with Gasteiger partial charge in [-0.25, -0.2) is 14.2 Å². The lowest BCUT2D eigenvalue weighted by Gasteiger charge is -2.45. The minimum atomic E-state index is -0.858. The van der Waals surface area contributed by atoms with E-state index < -0.39 is 5.54 Å². The Morgan fingerprint density at radius 1 is 1.25 bits per heavy atom. The van der Waals surface area contributed by atoms with E-state index in [1.54, 1.807) is 31.6 Å². The molecule has 0 amide bonds. The number of halogens is 1. The summed E-state index contributed by atoms with van der Waals surface area (Å²) in [6.07, 6.45) is 6.12. The third-order valence-corrected chi connectivity index (χ3v) is 7.21. The molecule has 0 fully saturated rings. The van der Waals surface area contributed by atoms with Gasteiger partial charge in [-0.15, -0.1) is 0 Å². The molecule has 0 unspecified atom stereocenters. The second-order valence-corrected chi connectivity index (χ2v) is 9.00. The Balaban J connectivity index is 1.70. The number of hydrogen-bond donors (Lipinski definition) is 1. The number of amidine groups is 1. The molecule has 2 N–H and O–H groups in total. The molecule has 0 saturated carbocycles. The molecule has 5 rings (SSSR count). The molecular weight excluding hydrogens is 425 g/mol. The molecule has 8 heteroatoms. The highest BCUT2D eigenvalue weighted by atomic mass is 32.2. The van der Waals surface area contributed by atoms with E-state index in [9.17, 15) is 0 Å². The second kappa shape index (κ2) is 7.92. The van der Waals surface area contributed by atoms with Crippen molar-refractivity contribution >= 4 is 22.6 Å². The first-order valence-electron chi connectivity index (χ1n) is 10.2. The molecule has 2 aliphatic rings. The van der Waals surface area contributed by atoms with Crippen LogP contribution in [0.2, 0.25) is 0 Å². The van der Waals surface area contributed by atoms with Crippen LogP contribution in [-0.4, -0.2) is 28.0 Å². The Kier molecular flexibility index (Phi) is 5.06. The fourth-order valence-electron chi connectivity index (χ4n) is 4.72. The van der Waals surface area contributed by atoms with Crippen molar-refractivity contribution in [2.24, 2.45) is 16.6 Å². The number of thioether (sulfide) groups is 1. The highest BCUT2D eigenvalue weighted by Gasteiger charge is 2.48. The van der Waals surface area contributed by atoms with E-state index in [2.05, 4.69) is 14.8 Å². The topological polar surface area (TPSA) is 77.8 Å². The van der Waals surface area contributed by atoms with E-state index in [0.717, 1.165) is 34.4 Å². The average Bonchev–Trinajstić information content (AvgIpc) is 2.82. The third-order valence-electron chi connectivity index (χ3n) is 6.26. The smallest absolute Gasteiger partial charge is 0.216 e. The van der Waals surface area contributed by atoms with Crippen molar-refractivity contribution in [3.05, 3.63) is 82.8 Å². The third kappa shape index (κ3) is 3.30. The van der Waals surface area contributed by atoms with Gasteiger partial charge in [-0.3, -0.25) is 9.98 Å². The first-order chi connectivity index (χ1) is 15.5. The number of benzene rings is 1. The fourth-order valence-corrected chi connectivity index (χ4v) is 5.71. The molecule has 3 heterocycles. The van der Waals surface area contributed by atoms with Crippen LogP contribution in [0.4, 0.5) is 10.1 Å². The predicted octanol–water partition coefficient (Wildman–Crippen LogP) is 4.51. The van der Waals surface area contributed by atoms with Crippen molar-refractivity contribution in [3.8, 4) is 17.0 Å². The lowest BCUT2D eigenvalue weighted by atomic mass is 9.67. The van der Waals surface area contributed by atoms with E-state index in [1.165, 1.54) is 24.0 Å². The predicted molar refractivity (Wildman–Crippen MR) is 123 cm³/mol. The molecule has 3 aromatic rings. The summed E-state index contributed by atoms with van der Waals surface area (Å²) in [6.45, 7) is 7.26. The Labute approximate surface area is 189 Å². The number of pyridine rings is 2. The molecule has 0 saturated heterocycles. The van der Waals surface area contributed by atoms with E-state index in [0.29, 0.717) is 28.7 Å². The largest absolute Gasteiger partial charge is 0.481 e. The van der Waals surface area contributed by atoms with Gasteiger partial charge in [0.1, 0.15) is 5.82 Å². The molecule has 2 aromatic heterocycles. The molecule has 1 aliphatic carbocycles. The van der Waals surface area contributed by atoms with Crippen molar-refractivity contribution in [1.29, 1.82) is 0 Å². The summed E-state index contributed by atoms with van der Waals surface area (Å²) in [5, 5.41) is 0.453. The molecule has 1 aliphatic heterocycles. The van der Waals surface area contributed by atoms with E-state index in [-0.39, 0.29) is 11.7 Å². The lowest BCUT2D eigenvalue weighted by molar-refractivity contribution is 0.262. The monoisotopic (exact) mass is 445 g/mol. The number of nitrogens with zero attached hydrogens (tertiary/aromatic N) is 4. The summed E-state index contributed by atoms with van der Waals surface area (Å²) in [5.41, 5.74) is 9.89. The summed E-state index contributed by atoms with van der Waals surface area (Å²) >= 11 is 1.51. The van der Waals surface area contributed by atoms with Crippen LogP contribution in [-0.2, 0) is 18.4 Å². The van der Waals surface area contributed by atoms with Gasteiger partial charge in [0.05, 0.1) is 19.2 Å². The van der Waals surface area contributed by atoms with Gasteiger partial charge in [0, 0.05) is 47.8 Å². The molecular formula is C24H20FN5OS. The van der Waals surface area contributed by atoms with Gasteiger partial charge >= 0.3 is 0 Å². The number of rotatable bonds is 3. The standard InChI is InChI=1S/C24H20FN5OS/c1-27-18-8-16(11-28-12-18)14-3-4-21(25)20(9-14)24-10-19-15(5-6-29-22(19)31-2)7-17(24)13-32-23(26)30-24/h3-6,8-9,11-12,17H,7,10,13H2,2H3,(H2,26,30)/t17-,24-/m0/s1. The maximum atomic E-state index is 15.4. The Hall–Kier alpha value is -3.44. The quantitative estimate of drug-likeness (QED) is 0.600. The van der Waals surface area contributed by atoms with Crippen molar-refractivity contribution in [3.63, 3.8) is 0 Å².